The molecule has 0 saturated heterocycles. The van der Waals surface area contributed by atoms with Crippen LogP contribution in [-0.4, -0.2) is 24.8 Å². The highest BCUT2D eigenvalue weighted by molar-refractivity contribution is 7.87. The second-order valence-electron chi connectivity index (χ2n) is 5.04. The SMILES string of the molecule is O=C1NC(=O)c2c1ccc(NS(=O)(=O)O)c2Cc1ccccc1. The average molecular weight is 332 g/mol. The number of carbonyl (C=O) groups excluding carboxylic acids is 2. The molecule has 7 nitrogen and oxygen atoms in total. The van der Waals surface area contributed by atoms with Crippen molar-refractivity contribution in [3.63, 3.8) is 0 Å². The topological polar surface area (TPSA) is 113 Å². The predicted molar refractivity (Wildman–Crippen MR) is 82.7 cm³/mol. The van der Waals surface area contributed by atoms with E-state index in [4.69, 9.17) is 4.55 Å². The summed E-state index contributed by atoms with van der Waals surface area (Å²) in [5.41, 5.74) is 1.51. The van der Waals surface area contributed by atoms with Crippen molar-refractivity contribution < 1.29 is 22.6 Å². The molecule has 2 amide bonds. The summed E-state index contributed by atoms with van der Waals surface area (Å²) >= 11 is 0. The van der Waals surface area contributed by atoms with Crippen LogP contribution in [0.5, 0.6) is 0 Å². The van der Waals surface area contributed by atoms with Gasteiger partial charge < -0.3 is 0 Å². The maximum Gasteiger partial charge on any atom is 0.357 e. The molecule has 0 spiro atoms. The first-order valence-electron chi connectivity index (χ1n) is 6.66. The molecular weight excluding hydrogens is 320 g/mol. The summed E-state index contributed by atoms with van der Waals surface area (Å²) in [5.74, 6) is -1.12. The van der Waals surface area contributed by atoms with Crippen molar-refractivity contribution in [3.8, 4) is 0 Å². The van der Waals surface area contributed by atoms with Crippen LogP contribution in [0.15, 0.2) is 42.5 Å². The molecule has 0 bridgehead atoms. The van der Waals surface area contributed by atoms with E-state index in [9.17, 15) is 18.0 Å². The molecule has 1 heterocycles. The van der Waals surface area contributed by atoms with Gasteiger partial charge in [-0.05, 0) is 23.3 Å². The van der Waals surface area contributed by atoms with Crippen LogP contribution in [0.25, 0.3) is 0 Å². The van der Waals surface area contributed by atoms with E-state index in [0.717, 1.165) is 5.56 Å². The number of rotatable bonds is 4. The van der Waals surface area contributed by atoms with Crippen LogP contribution in [0.1, 0.15) is 31.8 Å². The molecule has 1 aliphatic heterocycles. The number of hydrogen-bond donors (Lipinski definition) is 3. The first-order valence-corrected chi connectivity index (χ1v) is 8.10. The van der Waals surface area contributed by atoms with E-state index in [1.54, 1.807) is 12.1 Å². The second-order valence-corrected chi connectivity index (χ2v) is 6.19. The van der Waals surface area contributed by atoms with Crippen molar-refractivity contribution in [2.45, 2.75) is 6.42 Å². The summed E-state index contributed by atoms with van der Waals surface area (Å²) in [5, 5.41) is 2.18. The Hall–Kier alpha value is -2.71. The van der Waals surface area contributed by atoms with Crippen LogP contribution in [0.4, 0.5) is 5.69 Å². The Balaban J connectivity index is 2.16. The number of anilines is 1. The van der Waals surface area contributed by atoms with E-state index in [1.807, 2.05) is 22.9 Å². The van der Waals surface area contributed by atoms with Crippen LogP contribution in [0.2, 0.25) is 0 Å². The Morgan fingerprint density at radius 1 is 1.00 bits per heavy atom. The highest BCUT2D eigenvalue weighted by Gasteiger charge is 2.31. The number of nitrogens with one attached hydrogen (secondary N) is 2. The smallest absolute Gasteiger partial charge is 0.288 e. The average Bonchev–Trinajstić information content (AvgIpc) is 2.76. The molecule has 0 aromatic heterocycles. The molecule has 0 saturated carbocycles. The minimum Gasteiger partial charge on any atom is -0.288 e. The van der Waals surface area contributed by atoms with E-state index in [-0.39, 0.29) is 23.2 Å². The lowest BCUT2D eigenvalue weighted by molar-refractivity contribution is 0.0879. The van der Waals surface area contributed by atoms with Gasteiger partial charge in [-0.15, -0.1) is 0 Å². The Morgan fingerprint density at radius 2 is 1.70 bits per heavy atom. The molecule has 3 rings (SSSR count). The fourth-order valence-electron chi connectivity index (χ4n) is 2.55. The number of hydrogen-bond acceptors (Lipinski definition) is 4. The maximum absolute atomic E-state index is 12.0. The molecule has 2 aromatic carbocycles. The van der Waals surface area contributed by atoms with Crippen molar-refractivity contribution in [3.05, 3.63) is 64.7 Å². The summed E-state index contributed by atoms with van der Waals surface area (Å²) < 4.78 is 33.2. The quantitative estimate of drug-likeness (QED) is 0.578. The third-order valence-corrected chi connectivity index (χ3v) is 3.95. The zero-order chi connectivity index (χ0) is 16.6. The van der Waals surface area contributed by atoms with Crippen molar-refractivity contribution in [1.82, 2.24) is 5.32 Å². The summed E-state index contributed by atoms with van der Waals surface area (Å²) in [6, 6.07) is 11.8. The van der Waals surface area contributed by atoms with Gasteiger partial charge in [-0.2, -0.15) is 8.42 Å². The zero-order valence-electron chi connectivity index (χ0n) is 11.7. The monoisotopic (exact) mass is 332 g/mol. The second kappa shape index (κ2) is 5.49. The van der Waals surface area contributed by atoms with Crippen molar-refractivity contribution >= 4 is 27.8 Å². The number of fused-ring (bicyclic) bond motifs is 1. The minimum atomic E-state index is -4.51. The van der Waals surface area contributed by atoms with E-state index in [2.05, 4.69) is 5.32 Å². The lowest BCUT2D eigenvalue weighted by Crippen LogP contribution is -2.20. The van der Waals surface area contributed by atoms with Gasteiger partial charge in [-0.25, -0.2) is 0 Å². The van der Waals surface area contributed by atoms with E-state index < -0.39 is 22.1 Å². The molecule has 8 heteroatoms. The number of carbonyl (C=O) groups is 2. The van der Waals surface area contributed by atoms with Gasteiger partial charge in [0.1, 0.15) is 0 Å². The third kappa shape index (κ3) is 3.08. The summed E-state index contributed by atoms with van der Waals surface area (Å²) in [6.45, 7) is 0. The van der Waals surface area contributed by atoms with Gasteiger partial charge >= 0.3 is 10.3 Å². The zero-order valence-corrected chi connectivity index (χ0v) is 12.6. The van der Waals surface area contributed by atoms with Crippen LogP contribution in [0, 0.1) is 0 Å². The van der Waals surface area contributed by atoms with E-state index >= 15 is 0 Å². The first kappa shape index (κ1) is 15.2. The Bertz CT molecular complexity index is 907. The van der Waals surface area contributed by atoms with Crippen LogP contribution < -0.4 is 10.0 Å². The fourth-order valence-corrected chi connectivity index (χ4v) is 3.02. The summed E-state index contributed by atoms with van der Waals surface area (Å²) in [7, 11) is -4.51. The van der Waals surface area contributed by atoms with Crippen molar-refractivity contribution in [2.24, 2.45) is 0 Å². The first-order chi connectivity index (χ1) is 10.8. The lowest BCUT2D eigenvalue weighted by Gasteiger charge is -2.13. The van der Waals surface area contributed by atoms with Gasteiger partial charge in [0, 0.05) is 6.42 Å². The predicted octanol–water partition coefficient (Wildman–Crippen LogP) is 1.38. The number of amides is 2. The molecule has 3 N–H and O–H groups in total. The summed E-state index contributed by atoms with van der Waals surface area (Å²) in [6.07, 6.45) is 0.225. The summed E-state index contributed by atoms with van der Waals surface area (Å²) in [4.78, 5) is 23.8. The van der Waals surface area contributed by atoms with Gasteiger partial charge in [0.2, 0.25) is 0 Å². The molecular formula is C15H12N2O5S. The van der Waals surface area contributed by atoms with Gasteiger partial charge in [-0.3, -0.25) is 24.2 Å². The highest BCUT2D eigenvalue weighted by atomic mass is 32.2. The normalized spacial score (nSPS) is 13.6. The Labute approximate surface area is 132 Å². The molecule has 1 aliphatic rings. The van der Waals surface area contributed by atoms with Crippen LogP contribution >= 0.6 is 0 Å². The van der Waals surface area contributed by atoms with Gasteiger partial charge in [-0.1, -0.05) is 30.3 Å². The molecule has 2 aromatic rings. The van der Waals surface area contributed by atoms with Crippen molar-refractivity contribution in [1.29, 1.82) is 0 Å². The molecule has 23 heavy (non-hydrogen) atoms. The largest absolute Gasteiger partial charge is 0.357 e. The lowest BCUT2D eigenvalue weighted by atomic mass is 9.95. The number of benzene rings is 2. The third-order valence-electron chi connectivity index (χ3n) is 3.47. The van der Waals surface area contributed by atoms with Gasteiger partial charge in [0.15, 0.2) is 0 Å². The maximum atomic E-state index is 12.0. The van der Waals surface area contributed by atoms with Gasteiger partial charge in [0.25, 0.3) is 11.8 Å². The highest BCUT2D eigenvalue weighted by Crippen LogP contribution is 2.29. The Kier molecular flexibility index (Phi) is 3.63. The minimum absolute atomic E-state index is 0.0555. The van der Waals surface area contributed by atoms with Crippen LogP contribution in [0.3, 0.4) is 0 Å². The Morgan fingerprint density at radius 3 is 2.35 bits per heavy atom. The molecule has 0 unspecified atom stereocenters. The molecule has 0 radical (unpaired) electrons. The standard InChI is InChI=1S/C15H12N2O5S/c18-14-10-6-7-12(17-23(20,21)22)11(13(10)15(19)16-14)8-9-4-2-1-3-5-9/h1-7,17H,8H2,(H,16,18,19)(H,20,21,22). The van der Waals surface area contributed by atoms with E-state index in [1.165, 1.54) is 12.1 Å². The van der Waals surface area contributed by atoms with Crippen molar-refractivity contribution in [2.75, 3.05) is 4.72 Å². The van der Waals surface area contributed by atoms with Gasteiger partial charge in [0.05, 0.1) is 16.8 Å². The number of imide groups is 1. The van der Waals surface area contributed by atoms with E-state index in [0.29, 0.717) is 5.56 Å². The van der Waals surface area contributed by atoms with Crippen LogP contribution in [-0.2, 0) is 16.7 Å². The molecule has 0 atom stereocenters. The molecule has 0 aliphatic carbocycles. The molecule has 118 valence electrons. The fraction of sp³-hybridized carbons (Fsp3) is 0.0667. The molecule has 0 fully saturated rings.